The highest BCUT2D eigenvalue weighted by atomic mass is 16.6. The first kappa shape index (κ1) is 28.9. The second-order valence-corrected chi connectivity index (χ2v) is 16.5. The Morgan fingerprint density at radius 3 is 2.34 bits per heavy atom. The van der Waals surface area contributed by atoms with Crippen LogP contribution >= 0.6 is 0 Å². The standard InChI is InChI=1S/C33H56O5/c1-19-17-22(28(29(3,4)5)37-20(2)34)38-26-25(19)31(8)14-10-15-33-16-13-24(35)30(6,7)23(33)12-11-21(18-33)32(31,9)27(26)36/h19,21-28,35-36H,10-18H2,1-9H3/t19-,21?,22?,23+,24?,25?,26?,27+,28?,31?,32-,33?/m1/s1. The van der Waals surface area contributed by atoms with E-state index in [-0.39, 0.29) is 57.5 Å². The number of fused-ring (bicyclic) bond motifs is 5. The summed E-state index contributed by atoms with van der Waals surface area (Å²) in [5.74, 6) is 1.43. The van der Waals surface area contributed by atoms with Gasteiger partial charge in [-0.05, 0) is 91.3 Å². The zero-order valence-electron chi connectivity index (χ0n) is 25.7. The molecule has 38 heavy (non-hydrogen) atoms. The Bertz CT molecular complexity index is 923. The van der Waals surface area contributed by atoms with Gasteiger partial charge < -0.3 is 19.7 Å². The molecule has 0 aromatic carbocycles. The molecular formula is C33H56O5. The molecule has 8 unspecified atom stereocenters. The fourth-order valence-corrected chi connectivity index (χ4v) is 11.4. The van der Waals surface area contributed by atoms with Gasteiger partial charge >= 0.3 is 5.97 Å². The number of ether oxygens (including phenoxy) is 2. The van der Waals surface area contributed by atoms with Crippen LogP contribution in [0.2, 0.25) is 0 Å². The number of carbonyl (C=O) groups is 1. The van der Waals surface area contributed by atoms with Crippen LogP contribution in [0.1, 0.15) is 120 Å². The molecule has 5 heteroatoms. The van der Waals surface area contributed by atoms with Crippen LogP contribution < -0.4 is 0 Å². The van der Waals surface area contributed by atoms with E-state index < -0.39 is 6.10 Å². The molecule has 0 aromatic rings. The zero-order chi connectivity index (χ0) is 28.1. The summed E-state index contributed by atoms with van der Waals surface area (Å²) in [6.07, 6.45) is 8.40. The lowest BCUT2D eigenvalue weighted by Crippen LogP contribution is -2.58. The van der Waals surface area contributed by atoms with Crippen molar-refractivity contribution in [3.8, 4) is 0 Å². The fraction of sp³-hybridized carbons (Fsp3) is 0.970. The van der Waals surface area contributed by atoms with Gasteiger partial charge in [-0.2, -0.15) is 0 Å². The third-order valence-corrected chi connectivity index (χ3v) is 13.4. The molecule has 1 saturated heterocycles. The van der Waals surface area contributed by atoms with Crippen molar-refractivity contribution < 1.29 is 24.5 Å². The van der Waals surface area contributed by atoms with Crippen LogP contribution in [0.15, 0.2) is 0 Å². The second kappa shape index (κ2) is 9.18. The van der Waals surface area contributed by atoms with Gasteiger partial charge in [-0.1, -0.05) is 61.8 Å². The van der Waals surface area contributed by atoms with Crippen LogP contribution in [0.25, 0.3) is 0 Å². The van der Waals surface area contributed by atoms with Crippen LogP contribution in [0.4, 0.5) is 0 Å². The van der Waals surface area contributed by atoms with Gasteiger partial charge in [-0.15, -0.1) is 0 Å². The number of hydrogen-bond acceptors (Lipinski definition) is 5. The molecule has 4 saturated carbocycles. The van der Waals surface area contributed by atoms with E-state index in [4.69, 9.17) is 9.47 Å². The summed E-state index contributed by atoms with van der Waals surface area (Å²) in [4.78, 5) is 12.1. The lowest BCUT2D eigenvalue weighted by atomic mass is 9.41. The Kier molecular flexibility index (Phi) is 6.97. The molecule has 4 aliphatic carbocycles. The molecule has 5 fully saturated rings. The maximum absolute atomic E-state index is 12.3. The Hall–Kier alpha value is -0.650. The molecule has 218 valence electrons. The van der Waals surface area contributed by atoms with Crippen molar-refractivity contribution >= 4 is 5.97 Å². The average Bonchev–Trinajstić information content (AvgIpc) is 2.98. The Morgan fingerprint density at radius 2 is 1.71 bits per heavy atom. The van der Waals surface area contributed by atoms with Gasteiger partial charge in [-0.25, -0.2) is 0 Å². The Morgan fingerprint density at radius 1 is 1.03 bits per heavy atom. The normalized spacial score (nSPS) is 51.0. The molecule has 5 rings (SSSR count). The van der Waals surface area contributed by atoms with E-state index in [1.54, 1.807) is 0 Å². The van der Waals surface area contributed by atoms with Gasteiger partial charge in [-0.3, -0.25) is 4.79 Å². The topological polar surface area (TPSA) is 76.0 Å². The predicted molar refractivity (Wildman–Crippen MR) is 149 cm³/mol. The van der Waals surface area contributed by atoms with E-state index in [0.29, 0.717) is 23.7 Å². The minimum atomic E-state index is -0.528. The number of rotatable bonds is 2. The summed E-state index contributed by atoms with van der Waals surface area (Å²) < 4.78 is 12.8. The highest BCUT2D eigenvalue weighted by molar-refractivity contribution is 5.66. The van der Waals surface area contributed by atoms with Gasteiger partial charge in [0.25, 0.3) is 0 Å². The third-order valence-electron chi connectivity index (χ3n) is 13.4. The van der Waals surface area contributed by atoms with Gasteiger partial charge in [0.15, 0.2) is 0 Å². The molecule has 1 heterocycles. The van der Waals surface area contributed by atoms with Crippen molar-refractivity contribution in [2.24, 2.45) is 50.7 Å². The van der Waals surface area contributed by atoms with Crippen molar-refractivity contribution in [2.45, 2.75) is 151 Å². The number of hydrogen-bond donors (Lipinski definition) is 2. The van der Waals surface area contributed by atoms with Crippen LogP contribution in [-0.4, -0.2) is 46.7 Å². The van der Waals surface area contributed by atoms with Crippen LogP contribution in [0.5, 0.6) is 0 Å². The molecule has 1 aliphatic heterocycles. The summed E-state index contributed by atoms with van der Waals surface area (Å²) in [5.41, 5.74) is -0.222. The monoisotopic (exact) mass is 532 g/mol. The van der Waals surface area contributed by atoms with Gasteiger partial charge in [0.1, 0.15) is 6.10 Å². The second-order valence-electron chi connectivity index (χ2n) is 16.5. The van der Waals surface area contributed by atoms with Crippen molar-refractivity contribution in [3.05, 3.63) is 0 Å². The third kappa shape index (κ3) is 3.98. The molecule has 0 radical (unpaired) electrons. The molecule has 12 atom stereocenters. The van der Waals surface area contributed by atoms with Crippen LogP contribution in [0.3, 0.4) is 0 Å². The molecule has 0 amide bonds. The predicted octanol–water partition coefficient (Wildman–Crippen LogP) is 6.53. The summed E-state index contributed by atoms with van der Waals surface area (Å²) in [6, 6.07) is 0. The smallest absolute Gasteiger partial charge is 0.303 e. The van der Waals surface area contributed by atoms with E-state index in [1.807, 2.05) is 0 Å². The summed E-state index contributed by atoms with van der Waals surface area (Å²) in [6.45, 7) is 19.7. The first-order chi connectivity index (χ1) is 17.5. The summed E-state index contributed by atoms with van der Waals surface area (Å²) in [7, 11) is 0. The number of esters is 1. The fourth-order valence-electron chi connectivity index (χ4n) is 11.4. The Labute approximate surface area is 231 Å². The number of aliphatic hydroxyl groups excluding tert-OH is 2. The number of aliphatic hydroxyl groups is 2. The molecule has 2 N–H and O–H groups in total. The summed E-state index contributed by atoms with van der Waals surface area (Å²) in [5, 5.41) is 23.3. The van der Waals surface area contributed by atoms with Crippen molar-refractivity contribution in [3.63, 3.8) is 0 Å². The highest BCUT2D eigenvalue weighted by Gasteiger charge is 2.71. The van der Waals surface area contributed by atoms with E-state index in [2.05, 4.69) is 55.4 Å². The molecule has 0 aromatic heterocycles. The molecule has 5 nitrogen and oxygen atoms in total. The van der Waals surface area contributed by atoms with E-state index in [9.17, 15) is 15.0 Å². The lowest BCUT2D eigenvalue weighted by molar-refractivity contribution is -0.204. The first-order valence-electron chi connectivity index (χ1n) is 15.7. The van der Waals surface area contributed by atoms with Gasteiger partial charge in [0, 0.05) is 17.8 Å². The largest absolute Gasteiger partial charge is 0.459 e. The Balaban J connectivity index is 1.49. The van der Waals surface area contributed by atoms with Crippen LogP contribution in [0, 0.1) is 50.7 Å². The molecule has 5 aliphatic rings. The molecule has 2 bridgehead atoms. The number of carbonyl (C=O) groups excluding carboxylic acids is 1. The first-order valence-corrected chi connectivity index (χ1v) is 15.7. The average molecular weight is 533 g/mol. The maximum atomic E-state index is 12.3. The lowest BCUT2D eigenvalue weighted by Gasteiger charge is -2.64. The van der Waals surface area contributed by atoms with Crippen molar-refractivity contribution in [1.29, 1.82) is 0 Å². The van der Waals surface area contributed by atoms with Gasteiger partial charge in [0.2, 0.25) is 0 Å². The van der Waals surface area contributed by atoms with Crippen molar-refractivity contribution in [2.75, 3.05) is 0 Å². The van der Waals surface area contributed by atoms with Crippen LogP contribution in [-0.2, 0) is 14.3 Å². The minimum absolute atomic E-state index is 0.00292. The van der Waals surface area contributed by atoms with E-state index in [1.165, 1.54) is 26.2 Å². The SMILES string of the molecule is CC(=O)OC(C1C[C@@H](C)C2C(O1)[C@H](O)[C@@]1(C)C3CC[C@@H]4C(CCCC21C)(CCC(O)C4(C)C)C3)C(C)(C)C. The molecule has 1 spiro atoms. The van der Waals surface area contributed by atoms with E-state index in [0.717, 1.165) is 38.5 Å². The van der Waals surface area contributed by atoms with E-state index >= 15 is 0 Å². The zero-order valence-corrected chi connectivity index (χ0v) is 25.7. The highest BCUT2D eigenvalue weighted by Crippen LogP contribution is 2.73. The summed E-state index contributed by atoms with van der Waals surface area (Å²) >= 11 is 0. The van der Waals surface area contributed by atoms with Crippen molar-refractivity contribution in [1.82, 2.24) is 0 Å². The minimum Gasteiger partial charge on any atom is -0.459 e. The van der Waals surface area contributed by atoms with Gasteiger partial charge in [0.05, 0.1) is 24.4 Å². The quantitative estimate of drug-likeness (QED) is 0.396. The molecular weight excluding hydrogens is 476 g/mol. The maximum Gasteiger partial charge on any atom is 0.303 e.